The highest BCUT2D eigenvalue weighted by atomic mass is 32.1. The van der Waals surface area contributed by atoms with Gasteiger partial charge >= 0.3 is 0 Å². The zero-order valence-corrected chi connectivity index (χ0v) is 12.8. The first kappa shape index (κ1) is 14.2. The lowest BCUT2D eigenvalue weighted by Gasteiger charge is -2.07. The van der Waals surface area contributed by atoms with Crippen molar-refractivity contribution in [2.24, 2.45) is 0 Å². The molecule has 0 saturated carbocycles. The summed E-state index contributed by atoms with van der Waals surface area (Å²) in [7, 11) is 0. The molecule has 3 rings (SSSR count). The van der Waals surface area contributed by atoms with Crippen molar-refractivity contribution in [3.05, 3.63) is 35.2 Å². The molecule has 1 amide bonds. The van der Waals surface area contributed by atoms with E-state index >= 15 is 0 Å². The Balaban J connectivity index is 1.81. The summed E-state index contributed by atoms with van der Waals surface area (Å²) in [5, 5.41) is 3.55. The van der Waals surface area contributed by atoms with Crippen molar-refractivity contribution in [1.82, 2.24) is 4.98 Å². The fourth-order valence-corrected chi connectivity index (χ4v) is 3.36. The number of thiazole rings is 1. The van der Waals surface area contributed by atoms with Crippen LogP contribution in [0.3, 0.4) is 0 Å². The molecule has 110 valence electrons. The Morgan fingerprint density at radius 1 is 1.43 bits per heavy atom. The molecule has 1 aliphatic heterocycles. The number of ether oxygens (including phenoxy) is 1. The van der Waals surface area contributed by atoms with E-state index in [1.54, 1.807) is 11.3 Å². The van der Waals surface area contributed by atoms with Gasteiger partial charge in [-0.2, -0.15) is 0 Å². The number of aryl methyl sites for hydroxylation is 1. The number of rotatable bonds is 4. The molecule has 1 aliphatic rings. The Morgan fingerprint density at radius 3 is 2.90 bits per heavy atom. The van der Waals surface area contributed by atoms with Crippen LogP contribution in [-0.2, 0) is 16.0 Å². The summed E-state index contributed by atoms with van der Waals surface area (Å²) in [6.45, 7) is 2.77. The van der Waals surface area contributed by atoms with Gasteiger partial charge in [0.05, 0.1) is 5.69 Å². The molecular weight excluding hydrogens is 284 g/mol. The molecule has 1 saturated heterocycles. The van der Waals surface area contributed by atoms with E-state index in [1.807, 2.05) is 30.3 Å². The van der Waals surface area contributed by atoms with Gasteiger partial charge in [-0.25, -0.2) is 4.98 Å². The third-order valence-corrected chi connectivity index (χ3v) is 4.63. The maximum absolute atomic E-state index is 12.1. The van der Waals surface area contributed by atoms with E-state index in [0.29, 0.717) is 11.7 Å². The lowest BCUT2D eigenvalue weighted by atomic mass is 10.1. The quantitative estimate of drug-likeness (QED) is 0.940. The van der Waals surface area contributed by atoms with Crippen LogP contribution in [0, 0.1) is 0 Å². The molecule has 0 spiro atoms. The van der Waals surface area contributed by atoms with Crippen molar-refractivity contribution in [3.8, 4) is 11.3 Å². The third kappa shape index (κ3) is 3.14. The van der Waals surface area contributed by atoms with Crippen molar-refractivity contribution in [2.75, 3.05) is 11.9 Å². The minimum absolute atomic E-state index is 0.0801. The first-order valence-electron chi connectivity index (χ1n) is 7.25. The van der Waals surface area contributed by atoms with E-state index < -0.39 is 0 Å². The van der Waals surface area contributed by atoms with Gasteiger partial charge in [0.2, 0.25) is 0 Å². The number of benzene rings is 1. The van der Waals surface area contributed by atoms with Gasteiger partial charge in [-0.3, -0.25) is 10.1 Å². The highest BCUT2D eigenvalue weighted by Crippen LogP contribution is 2.31. The summed E-state index contributed by atoms with van der Waals surface area (Å²) < 4.78 is 5.40. The Kier molecular flexibility index (Phi) is 4.31. The predicted octanol–water partition coefficient (Wildman–Crippen LogP) is 3.49. The first-order valence-corrected chi connectivity index (χ1v) is 8.07. The van der Waals surface area contributed by atoms with Crippen LogP contribution in [-0.4, -0.2) is 23.6 Å². The van der Waals surface area contributed by atoms with Crippen LogP contribution in [0.25, 0.3) is 11.3 Å². The smallest absolute Gasteiger partial charge is 0.255 e. The van der Waals surface area contributed by atoms with Crippen molar-refractivity contribution < 1.29 is 9.53 Å². The molecule has 1 atom stereocenters. The second-order valence-corrected chi connectivity index (χ2v) is 6.08. The van der Waals surface area contributed by atoms with Gasteiger partial charge in [0.15, 0.2) is 5.13 Å². The molecule has 5 heteroatoms. The zero-order valence-electron chi connectivity index (χ0n) is 12.0. The number of aromatic nitrogens is 1. The fourth-order valence-electron chi connectivity index (χ4n) is 2.44. The number of nitrogens with zero attached hydrogens (tertiary/aromatic N) is 1. The molecular formula is C16H18N2O2S. The van der Waals surface area contributed by atoms with Crippen LogP contribution in [0.1, 0.15) is 24.6 Å². The van der Waals surface area contributed by atoms with E-state index in [4.69, 9.17) is 4.74 Å². The molecule has 0 aliphatic carbocycles. The summed E-state index contributed by atoms with van der Waals surface area (Å²) in [5.41, 5.74) is 2.05. The van der Waals surface area contributed by atoms with Crippen LogP contribution in [0.5, 0.6) is 0 Å². The van der Waals surface area contributed by atoms with Crippen molar-refractivity contribution >= 4 is 22.4 Å². The topological polar surface area (TPSA) is 51.2 Å². The van der Waals surface area contributed by atoms with Crippen molar-refractivity contribution in [3.63, 3.8) is 0 Å². The van der Waals surface area contributed by atoms with Crippen LogP contribution in [0.2, 0.25) is 0 Å². The Labute approximate surface area is 128 Å². The fraction of sp³-hybridized carbons (Fsp3) is 0.375. The molecule has 1 fully saturated rings. The van der Waals surface area contributed by atoms with Crippen molar-refractivity contribution in [1.29, 1.82) is 0 Å². The van der Waals surface area contributed by atoms with Gasteiger partial charge in [-0.1, -0.05) is 37.3 Å². The molecule has 4 nitrogen and oxygen atoms in total. The summed E-state index contributed by atoms with van der Waals surface area (Å²) in [4.78, 5) is 17.9. The van der Waals surface area contributed by atoms with Gasteiger partial charge in [-0.05, 0) is 19.3 Å². The summed E-state index contributed by atoms with van der Waals surface area (Å²) in [5.74, 6) is -0.0801. The summed E-state index contributed by atoms with van der Waals surface area (Å²) in [6.07, 6.45) is 2.33. The van der Waals surface area contributed by atoms with Gasteiger partial charge in [-0.15, -0.1) is 11.3 Å². The average molecular weight is 302 g/mol. The normalized spacial score (nSPS) is 17.9. The van der Waals surface area contributed by atoms with E-state index in [1.165, 1.54) is 4.88 Å². The Morgan fingerprint density at radius 2 is 2.24 bits per heavy atom. The summed E-state index contributed by atoms with van der Waals surface area (Å²) >= 11 is 1.54. The number of amides is 1. The second kappa shape index (κ2) is 6.37. The first-order chi connectivity index (χ1) is 10.3. The largest absolute Gasteiger partial charge is 0.368 e. The molecule has 0 unspecified atom stereocenters. The van der Waals surface area contributed by atoms with E-state index in [2.05, 4.69) is 17.2 Å². The molecule has 1 aromatic carbocycles. The maximum atomic E-state index is 12.1. The molecule has 1 N–H and O–H groups in total. The SMILES string of the molecule is CCc1sc(NC(=O)[C@@H]2CCCO2)nc1-c1ccccc1. The molecule has 0 radical (unpaired) electrons. The van der Waals surface area contributed by atoms with Crippen LogP contribution in [0.4, 0.5) is 5.13 Å². The van der Waals surface area contributed by atoms with Crippen molar-refractivity contribution in [2.45, 2.75) is 32.3 Å². The number of anilines is 1. The standard InChI is InChI=1S/C16H18N2O2S/c1-2-13-14(11-7-4-3-5-8-11)17-16(21-13)18-15(19)12-9-6-10-20-12/h3-5,7-8,12H,2,6,9-10H2,1H3,(H,17,18,19)/t12-/m0/s1. The Hall–Kier alpha value is -1.72. The minimum Gasteiger partial charge on any atom is -0.368 e. The van der Waals surface area contributed by atoms with E-state index in [-0.39, 0.29) is 12.0 Å². The number of hydrogen-bond acceptors (Lipinski definition) is 4. The van der Waals surface area contributed by atoms with Gasteiger partial charge in [0.25, 0.3) is 5.91 Å². The minimum atomic E-state index is -0.320. The van der Waals surface area contributed by atoms with E-state index in [9.17, 15) is 4.79 Å². The predicted molar refractivity (Wildman–Crippen MR) is 84.5 cm³/mol. The number of carbonyl (C=O) groups is 1. The molecule has 21 heavy (non-hydrogen) atoms. The van der Waals surface area contributed by atoms with Crippen LogP contribution in [0.15, 0.2) is 30.3 Å². The Bertz CT molecular complexity index is 618. The summed E-state index contributed by atoms with van der Waals surface area (Å²) in [6, 6.07) is 10.1. The average Bonchev–Trinajstić information content (AvgIpc) is 3.17. The third-order valence-electron chi connectivity index (χ3n) is 3.52. The maximum Gasteiger partial charge on any atom is 0.255 e. The van der Waals surface area contributed by atoms with Gasteiger partial charge in [0, 0.05) is 17.0 Å². The second-order valence-electron chi connectivity index (χ2n) is 5.00. The molecule has 2 aromatic rings. The highest BCUT2D eigenvalue weighted by Gasteiger charge is 2.24. The lowest BCUT2D eigenvalue weighted by Crippen LogP contribution is -2.26. The monoisotopic (exact) mass is 302 g/mol. The van der Waals surface area contributed by atoms with E-state index in [0.717, 1.165) is 30.5 Å². The van der Waals surface area contributed by atoms with Gasteiger partial charge < -0.3 is 4.74 Å². The highest BCUT2D eigenvalue weighted by molar-refractivity contribution is 7.16. The molecule has 2 heterocycles. The van der Waals surface area contributed by atoms with Crippen LogP contribution < -0.4 is 5.32 Å². The number of nitrogens with one attached hydrogen (secondary N) is 1. The number of carbonyl (C=O) groups excluding carboxylic acids is 1. The number of hydrogen-bond donors (Lipinski definition) is 1. The molecule has 0 bridgehead atoms. The molecule has 1 aromatic heterocycles. The zero-order chi connectivity index (χ0) is 14.7. The lowest BCUT2D eigenvalue weighted by molar-refractivity contribution is -0.124. The van der Waals surface area contributed by atoms with Gasteiger partial charge in [0.1, 0.15) is 6.10 Å². The van der Waals surface area contributed by atoms with Crippen LogP contribution >= 0.6 is 11.3 Å².